The van der Waals surface area contributed by atoms with E-state index in [1.165, 1.54) is 6.20 Å². The fourth-order valence-corrected chi connectivity index (χ4v) is 4.05. The third-order valence-corrected chi connectivity index (χ3v) is 5.65. The van der Waals surface area contributed by atoms with E-state index >= 15 is 0 Å². The van der Waals surface area contributed by atoms with Gasteiger partial charge in [-0.1, -0.05) is 48.5 Å². The monoisotopic (exact) mass is 419 g/mol. The van der Waals surface area contributed by atoms with Gasteiger partial charge in [-0.15, -0.1) is 0 Å². The number of nitrogen functional groups attached to an aromatic ring is 1. The molecule has 1 amide bonds. The van der Waals surface area contributed by atoms with Crippen LogP contribution < -0.4 is 11.1 Å². The molecule has 2 unspecified atom stereocenters. The molecule has 0 aliphatic heterocycles. The molecule has 4 rings (SSSR count). The summed E-state index contributed by atoms with van der Waals surface area (Å²) in [7, 11) is 0. The second-order valence-corrected chi connectivity index (χ2v) is 7.68. The summed E-state index contributed by atoms with van der Waals surface area (Å²) in [5.41, 5.74) is 11.3. The first-order valence-electron chi connectivity index (χ1n) is 10.1. The number of hydrogen-bond donors (Lipinski definition) is 4. The third kappa shape index (κ3) is 4.23. The van der Waals surface area contributed by atoms with Crippen LogP contribution in [0.2, 0.25) is 0 Å². The average Bonchev–Trinajstić information content (AvgIpc) is 3.09. The van der Waals surface area contributed by atoms with E-state index in [1.807, 2.05) is 36.4 Å². The molecule has 5 N–H and O–H groups in total. The van der Waals surface area contributed by atoms with Gasteiger partial charge in [0.1, 0.15) is 24.6 Å². The topological polar surface area (TPSA) is 118 Å². The maximum absolute atomic E-state index is 12.2. The molecule has 160 valence electrons. The van der Waals surface area contributed by atoms with E-state index < -0.39 is 18.3 Å². The van der Waals surface area contributed by atoms with Crippen molar-refractivity contribution < 1.29 is 19.7 Å². The Kier molecular flexibility index (Phi) is 5.88. The van der Waals surface area contributed by atoms with Crippen molar-refractivity contribution in [3.63, 3.8) is 0 Å². The van der Waals surface area contributed by atoms with Gasteiger partial charge in [-0.25, -0.2) is 9.78 Å². The van der Waals surface area contributed by atoms with E-state index in [4.69, 9.17) is 10.5 Å². The summed E-state index contributed by atoms with van der Waals surface area (Å²) in [5.74, 6) is 0.289. The summed E-state index contributed by atoms with van der Waals surface area (Å²) >= 11 is 0. The fraction of sp³-hybridized carbons (Fsp3) is 0.250. The minimum Gasteiger partial charge on any atom is -0.449 e. The first-order chi connectivity index (χ1) is 15.0. The number of aromatic nitrogens is 1. The van der Waals surface area contributed by atoms with Crippen molar-refractivity contribution in [2.75, 3.05) is 18.9 Å². The van der Waals surface area contributed by atoms with E-state index in [1.54, 1.807) is 13.0 Å². The number of fused-ring (bicyclic) bond motifs is 3. The SMILES string of the molecule is Cc1cc(N)ncc1C(O)C(O)CNC(=O)OCC1c2ccccc2-c2ccccc21. The molecule has 31 heavy (non-hydrogen) atoms. The number of anilines is 1. The Bertz CT molecular complexity index is 1060. The van der Waals surface area contributed by atoms with Gasteiger partial charge in [0.25, 0.3) is 0 Å². The summed E-state index contributed by atoms with van der Waals surface area (Å²) in [6.07, 6.45) is -1.65. The van der Waals surface area contributed by atoms with Crippen LogP contribution in [0.3, 0.4) is 0 Å². The number of carbonyl (C=O) groups excluding carboxylic acids is 1. The predicted molar refractivity (Wildman–Crippen MR) is 117 cm³/mol. The first kappa shape index (κ1) is 20.8. The number of alkyl carbamates (subject to hydrolysis) is 1. The fourth-order valence-electron chi connectivity index (χ4n) is 4.05. The van der Waals surface area contributed by atoms with Gasteiger partial charge in [0.05, 0.1) is 0 Å². The molecule has 2 atom stereocenters. The molecule has 1 heterocycles. The van der Waals surface area contributed by atoms with Crippen LogP contribution in [0.4, 0.5) is 10.6 Å². The summed E-state index contributed by atoms with van der Waals surface area (Å²) in [6, 6.07) is 17.8. The number of carbonyl (C=O) groups is 1. The van der Waals surface area contributed by atoms with Crippen LogP contribution in [0.15, 0.2) is 60.8 Å². The van der Waals surface area contributed by atoms with Gasteiger partial charge in [0.15, 0.2) is 0 Å². The number of rotatable bonds is 6. The van der Waals surface area contributed by atoms with Crippen LogP contribution in [0, 0.1) is 6.92 Å². The Morgan fingerprint density at radius 3 is 2.35 bits per heavy atom. The van der Waals surface area contributed by atoms with Crippen molar-refractivity contribution in [1.29, 1.82) is 0 Å². The van der Waals surface area contributed by atoms with Gasteiger partial charge in [-0.3, -0.25) is 0 Å². The number of benzene rings is 2. The van der Waals surface area contributed by atoms with E-state index in [2.05, 4.69) is 22.4 Å². The lowest BCUT2D eigenvalue weighted by atomic mass is 9.98. The molecule has 0 saturated heterocycles. The summed E-state index contributed by atoms with van der Waals surface area (Å²) in [5, 5.41) is 23.2. The Morgan fingerprint density at radius 1 is 1.13 bits per heavy atom. The number of aliphatic hydroxyl groups excluding tert-OH is 2. The third-order valence-electron chi connectivity index (χ3n) is 5.65. The summed E-state index contributed by atoms with van der Waals surface area (Å²) in [6.45, 7) is 1.78. The molecule has 0 saturated carbocycles. The van der Waals surface area contributed by atoms with Crippen LogP contribution in [0.25, 0.3) is 11.1 Å². The molecule has 2 aromatic carbocycles. The average molecular weight is 419 g/mol. The number of pyridine rings is 1. The number of nitrogens with one attached hydrogen (secondary N) is 1. The largest absolute Gasteiger partial charge is 0.449 e. The van der Waals surface area contributed by atoms with Crippen molar-refractivity contribution in [1.82, 2.24) is 10.3 Å². The number of amides is 1. The zero-order chi connectivity index (χ0) is 22.0. The highest BCUT2D eigenvalue weighted by atomic mass is 16.5. The zero-order valence-electron chi connectivity index (χ0n) is 17.2. The molecular formula is C24H25N3O4. The van der Waals surface area contributed by atoms with Gasteiger partial charge in [0.2, 0.25) is 0 Å². The smallest absolute Gasteiger partial charge is 0.407 e. The van der Waals surface area contributed by atoms with Gasteiger partial charge < -0.3 is 26.0 Å². The molecule has 7 nitrogen and oxygen atoms in total. The Labute approximate surface area is 180 Å². The minimum absolute atomic E-state index is 0.0443. The second kappa shape index (κ2) is 8.75. The standard InChI is InChI=1S/C24H25N3O4/c1-14-10-22(25)26-11-19(14)23(29)21(28)12-27-24(30)31-13-20-17-8-4-2-6-15(17)16-7-3-5-9-18(16)20/h2-11,20-21,23,28-29H,12-13H2,1H3,(H2,25,26)(H,27,30). The highest BCUT2D eigenvalue weighted by Crippen LogP contribution is 2.44. The molecule has 0 radical (unpaired) electrons. The second-order valence-electron chi connectivity index (χ2n) is 7.68. The number of aryl methyl sites for hydroxylation is 1. The van der Waals surface area contributed by atoms with Crippen molar-refractivity contribution in [3.8, 4) is 11.1 Å². The quantitative estimate of drug-likeness (QED) is 0.488. The highest BCUT2D eigenvalue weighted by molar-refractivity contribution is 5.79. The van der Waals surface area contributed by atoms with E-state index in [-0.39, 0.29) is 19.1 Å². The number of hydrogen-bond acceptors (Lipinski definition) is 6. The Hall–Kier alpha value is -3.42. The van der Waals surface area contributed by atoms with Gasteiger partial charge in [-0.05, 0) is 40.8 Å². The molecule has 1 aromatic heterocycles. The van der Waals surface area contributed by atoms with E-state index in [0.29, 0.717) is 16.9 Å². The molecule has 0 spiro atoms. The molecule has 1 aliphatic rings. The van der Waals surface area contributed by atoms with Gasteiger partial charge in [0, 0.05) is 24.2 Å². The molecule has 3 aromatic rings. The Morgan fingerprint density at radius 2 is 1.74 bits per heavy atom. The van der Waals surface area contributed by atoms with Crippen molar-refractivity contribution in [3.05, 3.63) is 83.0 Å². The number of ether oxygens (including phenoxy) is 1. The maximum Gasteiger partial charge on any atom is 0.407 e. The van der Waals surface area contributed by atoms with Gasteiger partial charge in [-0.2, -0.15) is 0 Å². The van der Waals surface area contributed by atoms with Crippen LogP contribution in [-0.4, -0.2) is 40.5 Å². The van der Waals surface area contributed by atoms with Crippen LogP contribution in [-0.2, 0) is 4.74 Å². The van der Waals surface area contributed by atoms with E-state index in [0.717, 1.165) is 22.3 Å². The summed E-state index contributed by atoms with van der Waals surface area (Å²) in [4.78, 5) is 16.2. The van der Waals surface area contributed by atoms with Gasteiger partial charge >= 0.3 is 6.09 Å². The molecule has 7 heteroatoms. The lowest BCUT2D eigenvalue weighted by Gasteiger charge is -2.20. The summed E-state index contributed by atoms with van der Waals surface area (Å²) < 4.78 is 5.44. The van der Waals surface area contributed by atoms with E-state index in [9.17, 15) is 15.0 Å². The highest BCUT2D eigenvalue weighted by Gasteiger charge is 2.29. The first-order valence-corrected chi connectivity index (χ1v) is 10.1. The molecule has 1 aliphatic carbocycles. The van der Waals surface area contributed by atoms with Crippen molar-refractivity contribution >= 4 is 11.9 Å². The number of nitrogens with zero attached hydrogens (tertiary/aromatic N) is 1. The van der Waals surface area contributed by atoms with Crippen LogP contribution >= 0.6 is 0 Å². The maximum atomic E-state index is 12.2. The predicted octanol–water partition coefficient (Wildman–Crippen LogP) is 2.91. The molecular weight excluding hydrogens is 394 g/mol. The van der Waals surface area contributed by atoms with Crippen LogP contribution in [0.5, 0.6) is 0 Å². The minimum atomic E-state index is -1.22. The normalized spacial score (nSPS) is 14.4. The lowest BCUT2D eigenvalue weighted by molar-refractivity contribution is 0.0180. The number of nitrogens with two attached hydrogens (primary N) is 1. The number of aliphatic hydroxyl groups is 2. The van der Waals surface area contributed by atoms with Crippen molar-refractivity contribution in [2.45, 2.75) is 25.0 Å². The molecule has 0 bridgehead atoms. The zero-order valence-corrected chi connectivity index (χ0v) is 17.2. The van der Waals surface area contributed by atoms with Crippen molar-refractivity contribution in [2.24, 2.45) is 0 Å². The van der Waals surface area contributed by atoms with Crippen LogP contribution in [0.1, 0.15) is 34.3 Å². The lowest BCUT2D eigenvalue weighted by Crippen LogP contribution is -2.36. The molecule has 0 fully saturated rings. The Balaban J connectivity index is 1.35.